The highest BCUT2D eigenvalue weighted by molar-refractivity contribution is 7.27. The van der Waals surface area contributed by atoms with Gasteiger partial charge in [0.2, 0.25) is 5.95 Å². The molecule has 0 radical (unpaired) electrons. The van der Waals surface area contributed by atoms with Crippen LogP contribution < -0.4 is 0 Å². The summed E-state index contributed by atoms with van der Waals surface area (Å²) in [5.74, 6) is 1.75. The molecule has 0 aliphatic heterocycles. The van der Waals surface area contributed by atoms with Gasteiger partial charge in [-0.25, -0.2) is 4.98 Å². The molecular weight excluding hydrogens is 767 g/mol. The van der Waals surface area contributed by atoms with E-state index in [1.807, 2.05) is 60.7 Å². The second kappa shape index (κ2) is 13.2. The predicted octanol–water partition coefficient (Wildman–Crippen LogP) is 13.4. The van der Waals surface area contributed by atoms with Crippen molar-refractivity contribution in [3.63, 3.8) is 0 Å². The van der Waals surface area contributed by atoms with Crippen molar-refractivity contribution < 1.29 is 0 Å². The van der Waals surface area contributed by atoms with Crippen LogP contribution >= 0.6 is 11.3 Å². The third kappa shape index (κ3) is 5.13. The number of hydrogen-bond acceptors (Lipinski definition) is 6. The van der Waals surface area contributed by atoms with E-state index in [4.69, 9.17) is 24.9 Å². The van der Waals surface area contributed by atoms with Gasteiger partial charge in [0.1, 0.15) is 0 Å². The maximum Gasteiger partial charge on any atom is 0.238 e. The first-order chi connectivity index (χ1) is 30.3. The van der Waals surface area contributed by atoms with E-state index in [0.717, 1.165) is 76.3 Å². The summed E-state index contributed by atoms with van der Waals surface area (Å²) in [5.41, 5.74) is 11.2. The SMILES string of the molecule is c1ccc(-c2nc(-c3ccccc3)nc(-n3c4ccc(-c5ccc6c(c5)c5ccccc5n6-c5ccccc5)cc4c4c5nccnc5c5c6ccccc6sc5c43)n2)cc1. The molecule has 8 aromatic carbocycles. The van der Waals surface area contributed by atoms with E-state index in [9.17, 15) is 0 Å². The number of nitrogens with zero attached hydrogens (tertiary/aromatic N) is 7. The van der Waals surface area contributed by atoms with Crippen LogP contribution in [-0.4, -0.2) is 34.1 Å². The molecule has 7 nitrogen and oxygen atoms in total. The predicted molar refractivity (Wildman–Crippen MR) is 251 cm³/mol. The molecule has 8 heteroatoms. The van der Waals surface area contributed by atoms with Crippen LogP contribution in [0.2, 0.25) is 0 Å². The molecule has 5 heterocycles. The summed E-state index contributed by atoms with van der Waals surface area (Å²) in [6.07, 6.45) is 3.60. The Morgan fingerprint density at radius 1 is 0.393 bits per heavy atom. The second-order valence-electron chi connectivity index (χ2n) is 15.3. The van der Waals surface area contributed by atoms with Crippen LogP contribution in [0.5, 0.6) is 0 Å². The molecule has 0 aliphatic carbocycles. The zero-order chi connectivity index (χ0) is 40.0. The fourth-order valence-electron chi connectivity index (χ4n) is 9.19. The van der Waals surface area contributed by atoms with Crippen molar-refractivity contribution >= 4 is 86.2 Å². The van der Waals surface area contributed by atoms with Gasteiger partial charge in [-0.05, 0) is 59.7 Å². The third-order valence-corrected chi connectivity index (χ3v) is 13.0. The number of aromatic nitrogens is 7. The minimum absolute atomic E-state index is 0.539. The lowest BCUT2D eigenvalue weighted by Gasteiger charge is -2.12. The molecule has 0 aliphatic rings. The Kier molecular flexibility index (Phi) is 7.34. The van der Waals surface area contributed by atoms with Crippen LogP contribution in [0.25, 0.3) is 120 Å². The van der Waals surface area contributed by atoms with E-state index in [-0.39, 0.29) is 0 Å². The molecule has 5 aromatic heterocycles. The average molecular weight is 798 g/mol. The Morgan fingerprint density at radius 3 is 1.62 bits per heavy atom. The average Bonchev–Trinajstić information content (AvgIpc) is 4.00. The van der Waals surface area contributed by atoms with Crippen molar-refractivity contribution in [2.45, 2.75) is 0 Å². The lowest BCUT2D eigenvalue weighted by Crippen LogP contribution is -2.06. The van der Waals surface area contributed by atoms with Gasteiger partial charge in [0, 0.05) is 66.2 Å². The van der Waals surface area contributed by atoms with Crippen LogP contribution in [-0.2, 0) is 0 Å². The van der Waals surface area contributed by atoms with Gasteiger partial charge in [0.05, 0.1) is 37.8 Å². The summed E-state index contributed by atoms with van der Waals surface area (Å²) in [5, 5.41) is 6.72. The highest BCUT2D eigenvalue weighted by Gasteiger charge is 2.26. The van der Waals surface area contributed by atoms with Gasteiger partial charge >= 0.3 is 0 Å². The maximum absolute atomic E-state index is 5.29. The topological polar surface area (TPSA) is 74.3 Å². The van der Waals surface area contributed by atoms with Crippen LogP contribution in [0.1, 0.15) is 0 Å². The number of benzene rings is 8. The summed E-state index contributed by atoms with van der Waals surface area (Å²) >= 11 is 1.77. The number of hydrogen-bond donors (Lipinski definition) is 0. The van der Waals surface area contributed by atoms with Gasteiger partial charge < -0.3 is 4.57 Å². The smallest absolute Gasteiger partial charge is 0.238 e. The summed E-state index contributed by atoms with van der Waals surface area (Å²) in [4.78, 5) is 25.8. The van der Waals surface area contributed by atoms with Crippen molar-refractivity contribution in [3.8, 4) is 45.5 Å². The van der Waals surface area contributed by atoms with Crippen LogP contribution in [0.3, 0.4) is 0 Å². The molecular formula is C53H31N7S. The minimum Gasteiger partial charge on any atom is -0.309 e. The van der Waals surface area contributed by atoms with Crippen molar-refractivity contribution in [1.29, 1.82) is 0 Å². The molecule has 284 valence electrons. The van der Waals surface area contributed by atoms with Gasteiger partial charge in [-0.3, -0.25) is 14.5 Å². The molecule has 61 heavy (non-hydrogen) atoms. The number of fused-ring (bicyclic) bond motifs is 13. The van der Waals surface area contributed by atoms with E-state index in [0.29, 0.717) is 17.6 Å². The number of thiophene rings is 1. The Morgan fingerprint density at radius 2 is 0.934 bits per heavy atom. The van der Waals surface area contributed by atoms with Crippen molar-refractivity contribution in [1.82, 2.24) is 34.1 Å². The van der Waals surface area contributed by atoms with Gasteiger partial charge in [0.15, 0.2) is 11.6 Å². The van der Waals surface area contributed by atoms with E-state index in [2.05, 4.69) is 124 Å². The van der Waals surface area contributed by atoms with E-state index in [1.165, 1.54) is 26.5 Å². The lowest BCUT2D eigenvalue weighted by atomic mass is 9.99. The molecule has 0 atom stereocenters. The molecule has 0 unspecified atom stereocenters. The molecule has 0 N–H and O–H groups in total. The van der Waals surface area contributed by atoms with Crippen molar-refractivity contribution in [2.75, 3.05) is 0 Å². The molecule has 0 saturated carbocycles. The molecule has 0 fully saturated rings. The fourth-order valence-corrected chi connectivity index (χ4v) is 10.4. The molecule has 0 bridgehead atoms. The Hall–Kier alpha value is -8.07. The normalized spacial score (nSPS) is 11.9. The highest BCUT2D eigenvalue weighted by Crippen LogP contribution is 2.47. The standard InChI is InChI=1S/C53H31N7S/c1-4-14-32(15-5-1)51-56-52(33-16-6-2-7-17-33)58-53(57-51)60-43-27-25-35(34-24-26-42-39(30-34)37-20-10-12-22-41(37)59(42)36-18-8-3-9-19-36)31-40(43)45-47-48(55-29-28-54-47)46-38-21-11-13-23-44(38)61-50(46)49(45)60/h1-31H. The van der Waals surface area contributed by atoms with Gasteiger partial charge in [0.25, 0.3) is 0 Å². The third-order valence-electron chi connectivity index (χ3n) is 11.9. The zero-order valence-corrected chi connectivity index (χ0v) is 33.3. The summed E-state index contributed by atoms with van der Waals surface area (Å²) in [6.45, 7) is 0. The van der Waals surface area contributed by atoms with Gasteiger partial charge in [-0.15, -0.1) is 11.3 Å². The first-order valence-electron chi connectivity index (χ1n) is 20.3. The zero-order valence-electron chi connectivity index (χ0n) is 32.4. The first-order valence-corrected chi connectivity index (χ1v) is 21.1. The molecule has 0 spiro atoms. The van der Waals surface area contributed by atoms with Crippen molar-refractivity contribution in [3.05, 3.63) is 188 Å². The number of para-hydroxylation sites is 2. The van der Waals surface area contributed by atoms with Crippen molar-refractivity contribution in [2.24, 2.45) is 0 Å². The quantitative estimate of drug-likeness (QED) is 0.173. The summed E-state index contributed by atoms with van der Waals surface area (Å²) in [6, 6.07) is 61.7. The lowest BCUT2D eigenvalue weighted by molar-refractivity contribution is 0.955. The van der Waals surface area contributed by atoms with Gasteiger partial charge in [-0.2, -0.15) is 9.97 Å². The Bertz CT molecular complexity index is 3810. The monoisotopic (exact) mass is 797 g/mol. The van der Waals surface area contributed by atoms with Crippen LogP contribution in [0, 0.1) is 0 Å². The summed E-state index contributed by atoms with van der Waals surface area (Å²) < 4.78 is 6.88. The Labute approximate surface area is 352 Å². The van der Waals surface area contributed by atoms with Crippen LogP contribution in [0.4, 0.5) is 0 Å². The van der Waals surface area contributed by atoms with E-state index >= 15 is 0 Å². The molecule has 0 saturated heterocycles. The molecule has 13 aromatic rings. The first kappa shape index (κ1) is 33.9. The Balaban J connectivity index is 1.14. The minimum atomic E-state index is 0.539. The molecule has 13 rings (SSSR count). The highest BCUT2D eigenvalue weighted by atomic mass is 32.1. The van der Waals surface area contributed by atoms with Crippen LogP contribution in [0.15, 0.2) is 188 Å². The van der Waals surface area contributed by atoms with Gasteiger partial charge in [-0.1, -0.05) is 127 Å². The molecule has 0 amide bonds. The number of rotatable bonds is 5. The second-order valence-corrected chi connectivity index (χ2v) is 16.3. The van der Waals surface area contributed by atoms with E-state index < -0.39 is 0 Å². The maximum atomic E-state index is 5.29. The fraction of sp³-hybridized carbons (Fsp3) is 0. The largest absolute Gasteiger partial charge is 0.309 e. The summed E-state index contributed by atoms with van der Waals surface area (Å²) in [7, 11) is 0. The van der Waals surface area contributed by atoms with E-state index in [1.54, 1.807) is 23.7 Å².